The van der Waals surface area contributed by atoms with Gasteiger partial charge in [0.2, 0.25) is 0 Å². The van der Waals surface area contributed by atoms with E-state index in [1.54, 1.807) is 12.1 Å². The summed E-state index contributed by atoms with van der Waals surface area (Å²) in [4.78, 5) is 0. The Hall–Kier alpha value is -1.55. The lowest BCUT2D eigenvalue weighted by Crippen LogP contribution is -1.89. The predicted octanol–water partition coefficient (Wildman–Crippen LogP) is 3.28. The molecular weight excluding hydrogens is 231 g/mol. The lowest BCUT2D eigenvalue weighted by atomic mass is 10.1. The minimum absolute atomic E-state index is 0.0734. The maximum atomic E-state index is 13.8. The summed E-state index contributed by atoms with van der Waals surface area (Å²) in [5.41, 5.74) is 6.63. The first-order valence-corrected chi connectivity index (χ1v) is 5.20. The summed E-state index contributed by atoms with van der Waals surface area (Å²) in [6.45, 7) is 1.96. The highest BCUT2D eigenvalue weighted by Gasteiger charge is 2.14. The van der Waals surface area contributed by atoms with E-state index < -0.39 is 5.82 Å². The van der Waals surface area contributed by atoms with E-state index in [-0.39, 0.29) is 22.2 Å². The Balaban J connectivity index is 2.59. The first-order valence-electron chi connectivity index (χ1n) is 4.82. The molecule has 2 N–H and O–H groups in total. The Morgan fingerprint density at radius 1 is 1.44 bits per heavy atom. The van der Waals surface area contributed by atoms with Gasteiger partial charge in [0.05, 0.1) is 10.6 Å². The third kappa shape index (κ3) is 1.88. The van der Waals surface area contributed by atoms with Crippen LogP contribution in [0.2, 0.25) is 5.02 Å². The average Bonchev–Trinajstić information content (AvgIpc) is 2.68. The molecule has 5 heteroatoms. The van der Waals surface area contributed by atoms with Gasteiger partial charge in [-0.3, -0.25) is 0 Å². The van der Waals surface area contributed by atoms with E-state index in [0.717, 1.165) is 12.0 Å². The Kier molecular flexibility index (Phi) is 2.83. The molecule has 0 atom stereocenters. The molecule has 0 fully saturated rings. The van der Waals surface area contributed by atoms with E-state index in [0.29, 0.717) is 0 Å². The lowest BCUT2D eigenvalue weighted by molar-refractivity contribution is 0.433. The van der Waals surface area contributed by atoms with Gasteiger partial charge in [0.15, 0.2) is 17.4 Å². The molecule has 2 aromatic rings. The number of aryl methyl sites for hydroxylation is 1. The molecule has 1 heterocycles. The van der Waals surface area contributed by atoms with Crippen LogP contribution in [0.15, 0.2) is 22.7 Å². The van der Waals surface area contributed by atoms with Gasteiger partial charge in [-0.2, -0.15) is 0 Å². The van der Waals surface area contributed by atoms with E-state index in [4.69, 9.17) is 21.9 Å². The topological polar surface area (TPSA) is 52.0 Å². The molecule has 0 aliphatic carbocycles. The van der Waals surface area contributed by atoms with E-state index in [9.17, 15) is 4.39 Å². The zero-order valence-corrected chi connectivity index (χ0v) is 9.38. The minimum atomic E-state index is -0.519. The lowest BCUT2D eigenvalue weighted by Gasteiger charge is -2.04. The van der Waals surface area contributed by atoms with Crippen molar-refractivity contribution in [1.29, 1.82) is 0 Å². The molecule has 2 rings (SSSR count). The number of hydrogen-bond donors (Lipinski definition) is 1. The van der Waals surface area contributed by atoms with Crippen LogP contribution in [0.3, 0.4) is 0 Å². The number of benzene rings is 1. The number of aromatic nitrogens is 1. The molecule has 1 aromatic carbocycles. The second kappa shape index (κ2) is 4.14. The third-order valence-electron chi connectivity index (χ3n) is 2.29. The van der Waals surface area contributed by atoms with Gasteiger partial charge in [-0.05, 0) is 24.1 Å². The van der Waals surface area contributed by atoms with Gasteiger partial charge in [-0.1, -0.05) is 23.7 Å². The van der Waals surface area contributed by atoms with Crippen LogP contribution in [-0.2, 0) is 6.42 Å². The number of nitrogen functional groups attached to an aromatic ring is 1. The molecule has 0 saturated carbocycles. The van der Waals surface area contributed by atoms with Crippen LogP contribution < -0.4 is 5.73 Å². The largest absolute Gasteiger partial charge is 0.381 e. The first-order chi connectivity index (χ1) is 7.61. The van der Waals surface area contributed by atoms with Gasteiger partial charge in [-0.25, -0.2) is 4.39 Å². The number of rotatable bonds is 2. The van der Waals surface area contributed by atoms with E-state index in [1.165, 1.54) is 6.07 Å². The summed E-state index contributed by atoms with van der Waals surface area (Å²) in [5, 5.41) is 3.59. The number of nitrogens with zero attached hydrogens (tertiary/aromatic N) is 1. The summed E-state index contributed by atoms with van der Waals surface area (Å²) in [5.74, 6) is -0.0189. The highest BCUT2D eigenvalue weighted by atomic mass is 35.5. The summed E-state index contributed by atoms with van der Waals surface area (Å²) in [7, 11) is 0. The van der Waals surface area contributed by atoms with Crippen molar-refractivity contribution >= 4 is 17.4 Å². The average molecular weight is 241 g/mol. The fourth-order valence-corrected chi connectivity index (χ4v) is 1.69. The third-order valence-corrected chi connectivity index (χ3v) is 2.57. The first kappa shape index (κ1) is 11.0. The number of nitrogens with two attached hydrogens (primary N) is 1. The molecule has 0 aliphatic rings. The Bertz CT molecular complexity index is 525. The quantitative estimate of drug-likeness (QED) is 0.876. The maximum Gasteiger partial charge on any atom is 0.172 e. The van der Waals surface area contributed by atoms with Gasteiger partial charge in [0, 0.05) is 6.07 Å². The van der Waals surface area contributed by atoms with Crippen molar-refractivity contribution in [3.05, 3.63) is 34.6 Å². The smallest absolute Gasteiger partial charge is 0.172 e. The number of anilines is 1. The van der Waals surface area contributed by atoms with Crippen molar-refractivity contribution in [2.24, 2.45) is 0 Å². The highest BCUT2D eigenvalue weighted by Crippen LogP contribution is 2.30. The van der Waals surface area contributed by atoms with Gasteiger partial charge in [0.1, 0.15) is 0 Å². The monoisotopic (exact) mass is 240 g/mol. The van der Waals surface area contributed by atoms with Gasteiger partial charge in [0.25, 0.3) is 0 Å². The Labute approximate surface area is 97.0 Å². The van der Waals surface area contributed by atoms with Crippen molar-refractivity contribution in [3.63, 3.8) is 0 Å². The van der Waals surface area contributed by atoms with Crippen LogP contribution in [0.1, 0.15) is 12.5 Å². The number of halogens is 2. The summed E-state index contributed by atoms with van der Waals surface area (Å²) >= 11 is 5.79. The van der Waals surface area contributed by atoms with Crippen LogP contribution in [0.25, 0.3) is 11.3 Å². The Morgan fingerprint density at radius 2 is 2.19 bits per heavy atom. The van der Waals surface area contributed by atoms with Crippen molar-refractivity contribution in [2.75, 3.05) is 5.73 Å². The standard InChI is InChI=1S/C11H10ClFN2O/c1-2-6-3-7(11(13)8(12)4-6)9-5-10(14)15-16-9/h3-5H,2H2,1H3,(H2,14,15). The van der Waals surface area contributed by atoms with E-state index in [1.807, 2.05) is 6.92 Å². The van der Waals surface area contributed by atoms with Crippen molar-refractivity contribution in [3.8, 4) is 11.3 Å². The molecule has 0 unspecified atom stereocenters. The van der Waals surface area contributed by atoms with Crippen molar-refractivity contribution < 1.29 is 8.91 Å². The maximum absolute atomic E-state index is 13.8. The zero-order chi connectivity index (χ0) is 11.7. The fourth-order valence-electron chi connectivity index (χ4n) is 1.44. The second-order valence-corrected chi connectivity index (χ2v) is 3.82. The van der Waals surface area contributed by atoms with Gasteiger partial charge < -0.3 is 10.3 Å². The van der Waals surface area contributed by atoms with Gasteiger partial charge in [-0.15, -0.1) is 0 Å². The molecule has 1 aromatic heterocycles. The second-order valence-electron chi connectivity index (χ2n) is 3.41. The molecule has 3 nitrogen and oxygen atoms in total. The van der Waals surface area contributed by atoms with Crippen molar-refractivity contribution in [1.82, 2.24) is 5.16 Å². The summed E-state index contributed by atoms with van der Waals surface area (Å²) in [6.07, 6.45) is 0.761. The molecule has 0 bridgehead atoms. The molecule has 0 spiro atoms. The van der Waals surface area contributed by atoms with Crippen LogP contribution in [0.5, 0.6) is 0 Å². The molecule has 16 heavy (non-hydrogen) atoms. The van der Waals surface area contributed by atoms with Crippen LogP contribution in [-0.4, -0.2) is 5.16 Å². The zero-order valence-electron chi connectivity index (χ0n) is 8.63. The van der Waals surface area contributed by atoms with Crippen LogP contribution in [0.4, 0.5) is 10.2 Å². The number of hydrogen-bond acceptors (Lipinski definition) is 3. The van der Waals surface area contributed by atoms with E-state index in [2.05, 4.69) is 5.16 Å². The van der Waals surface area contributed by atoms with E-state index >= 15 is 0 Å². The highest BCUT2D eigenvalue weighted by molar-refractivity contribution is 6.31. The molecule has 0 radical (unpaired) electrons. The molecule has 0 aliphatic heterocycles. The van der Waals surface area contributed by atoms with Crippen LogP contribution in [0, 0.1) is 5.82 Å². The molecular formula is C11H10ClFN2O. The molecule has 0 amide bonds. The van der Waals surface area contributed by atoms with Gasteiger partial charge >= 0.3 is 0 Å². The SMILES string of the molecule is CCc1cc(Cl)c(F)c(-c2cc(N)no2)c1. The van der Waals surface area contributed by atoms with Crippen molar-refractivity contribution in [2.45, 2.75) is 13.3 Å². The minimum Gasteiger partial charge on any atom is -0.381 e. The summed E-state index contributed by atoms with van der Waals surface area (Å²) in [6, 6.07) is 4.75. The predicted molar refractivity (Wildman–Crippen MR) is 60.7 cm³/mol. The van der Waals surface area contributed by atoms with Crippen LogP contribution >= 0.6 is 11.6 Å². The Morgan fingerprint density at radius 3 is 2.75 bits per heavy atom. The molecule has 84 valence electrons. The molecule has 0 saturated heterocycles. The fraction of sp³-hybridized carbons (Fsp3) is 0.182. The summed E-state index contributed by atoms with van der Waals surface area (Å²) < 4.78 is 18.7. The normalized spacial score (nSPS) is 10.7.